The minimum absolute atomic E-state index is 0.354. The predicted molar refractivity (Wildman–Crippen MR) is 43.3 cm³/mol. The van der Waals surface area contributed by atoms with E-state index < -0.39 is 0 Å². The van der Waals surface area contributed by atoms with E-state index >= 15 is 0 Å². The van der Waals surface area contributed by atoms with E-state index in [-0.39, 0.29) is 0 Å². The molecule has 0 amide bonds. The summed E-state index contributed by atoms with van der Waals surface area (Å²) >= 11 is 5.79. The van der Waals surface area contributed by atoms with Gasteiger partial charge in [0.05, 0.1) is 17.5 Å². The summed E-state index contributed by atoms with van der Waals surface area (Å²) in [4.78, 5) is 3.89. The van der Waals surface area contributed by atoms with Crippen molar-refractivity contribution in [3.05, 3.63) is 28.5 Å². The highest BCUT2D eigenvalue weighted by Crippen LogP contribution is 2.17. The quantitative estimate of drug-likeness (QED) is 0.641. The Balaban J connectivity index is 3.12. The summed E-state index contributed by atoms with van der Waals surface area (Å²) in [5, 5.41) is 9.02. The van der Waals surface area contributed by atoms with Crippen molar-refractivity contribution < 1.29 is 0 Å². The van der Waals surface area contributed by atoms with Crippen LogP contribution in [-0.2, 0) is 6.42 Å². The van der Waals surface area contributed by atoms with Crippen molar-refractivity contribution in [2.75, 3.05) is 0 Å². The Morgan fingerprint density at radius 2 is 2.36 bits per heavy atom. The first-order valence-corrected chi connectivity index (χ1v) is 3.59. The van der Waals surface area contributed by atoms with Gasteiger partial charge in [-0.2, -0.15) is 5.26 Å². The third-order valence-electron chi connectivity index (χ3n) is 1.48. The van der Waals surface area contributed by atoms with Crippen molar-refractivity contribution in [3.63, 3.8) is 0 Å². The molecule has 3 heteroatoms. The molecule has 0 unspecified atom stereocenters. The zero-order chi connectivity index (χ0) is 8.27. The predicted octanol–water partition coefficient (Wildman–Crippen LogP) is 2.11. The zero-order valence-corrected chi connectivity index (χ0v) is 6.89. The van der Waals surface area contributed by atoms with Gasteiger partial charge in [-0.3, -0.25) is 4.98 Å². The van der Waals surface area contributed by atoms with E-state index in [1.165, 1.54) is 0 Å². The number of rotatable bonds is 1. The fraction of sp³-hybridized carbons (Fsp3) is 0.250. The SMILES string of the molecule is Cc1cncc(Cl)c1CC#N. The third kappa shape index (κ3) is 1.69. The second-order valence-electron chi connectivity index (χ2n) is 2.25. The van der Waals surface area contributed by atoms with E-state index in [4.69, 9.17) is 16.9 Å². The molecular formula is C8H7ClN2. The zero-order valence-electron chi connectivity index (χ0n) is 6.13. The maximum absolute atomic E-state index is 8.44. The second-order valence-corrected chi connectivity index (χ2v) is 2.66. The summed E-state index contributed by atoms with van der Waals surface area (Å²) in [5.41, 5.74) is 1.85. The van der Waals surface area contributed by atoms with Crippen LogP contribution in [-0.4, -0.2) is 4.98 Å². The van der Waals surface area contributed by atoms with Crippen LogP contribution in [0.25, 0.3) is 0 Å². The summed E-state index contributed by atoms with van der Waals surface area (Å²) in [6, 6.07) is 2.05. The van der Waals surface area contributed by atoms with Crippen molar-refractivity contribution in [2.45, 2.75) is 13.3 Å². The number of hydrogen-bond acceptors (Lipinski definition) is 2. The van der Waals surface area contributed by atoms with Crippen molar-refractivity contribution in [3.8, 4) is 6.07 Å². The average molecular weight is 167 g/mol. The number of halogens is 1. The molecule has 0 aliphatic carbocycles. The molecule has 1 aromatic heterocycles. The van der Waals surface area contributed by atoms with Crippen molar-refractivity contribution in [1.82, 2.24) is 4.98 Å². The number of aryl methyl sites for hydroxylation is 1. The number of aromatic nitrogens is 1. The second kappa shape index (κ2) is 3.36. The van der Waals surface area contributed by atoms with Crippen molar-refractivity contribution in [1.29, 1.82) is 5.26 Å². The van der Waals surface area contributed by atoms with Gasteiger partial charge in [0.2, 0.25) is 0 Å². The van der Waals surface area contributed by atoms with Gasteiger partial charge in [0.15, 0.2) is 0 Å². The molecule has 1 rings (SSSR count). The molecule has 0 saturated carbocycles. The summed E-state index contributed by atoms with van der Waals surface area (Å²) in [6.45, 7) is 1.89. The molecule has 0 atom stereocenters. The van der Waals surface area contributed by atoms with Gasteiger partial charge in [0.1, 0.15) is 0 Å². The number of nitriles is 1. The van der Waals surface area contributed by atoms with Gasteiger partial charge in [0.25, 0.3) is 0 Å². The Kier molecular flexibility index (Phi) is 2.45. The van der Waals surface area contributed by atoms with Gasteiger partial charge in [-0.15, -0.1) is 0 Å². The van der Waals surface area contributed by atoms with E-state index in [2.05, 4.69) is 11.1 Å². The van der Waals surface area contributed by atoms with E-state index in [0.29, 0.717) is 11.4 Å². The molecule has 0 fully saturated rings. The topological polar surface area (TPSA) is 36.7 Å². The van der Waals surface area contributed by atoms with Gasteiger partial charge in [-0.25, -0.2) is 0 Å². The van der Waals surface area contributed by atoms with Gasteiger partial charge < -0.3 is 0 Å². The Morgan fingerprint density at radius 1 is 1.64 bits per heavy atom. The molecule has 0 saturated heterocycles. The van der Waals surface area contributed by atoms with E-state index in [1.807, 2.05) is 6.92 Å². The standard InChI is InChI=1S/C8H7ClN2/c1-6-4-11-5-8(9)7(6)2-3-10/h4-5H,2H2,1H3. The average Bonchev–Trinajstić information content (AvgIpc) is 1.97. The molecule has 0 aromatic carbocycles. The minimum Gasteiger partial charge on any atom is -0.263 e. The molecular weight excluding hydrogens is 160 g/mol. The third-order valence-corrected chi connectivity index (χ3v) is 1.80. The molecule has 0 radical (unpaired) electrons. The van der Waals surface area contributed by atoms with Gasteiger partial charge in [-0.1, -0.05) is 11.6 Å². The Bertz CT molecular complexity index is 281. The van der Waals surface area contributed by atoms with Crippen LogP contribution in [0.15, 0.2) is 12.4 Å². The highest BCUT2D eigenvalue weighted by Gasteiger charge is 2.02. The number of nitrogens with zero attached hydrogens (tertiary/aromatic N) is 2. The Hall–Kier alpha value is -1.07. The fourth-order valence-electron chi connectivity index (χ4n) is 0.862. The molecule has 0 aliphatic heterocycles. The summed E-state index contributed by atoms with van der Waals surface area (Å²) in [7, 11) is 0. The van der Waals surface area contributed by atoms with Crippen LogP contribution in [0.1, 0.15) is 11.1 Å². The first-order chi connectivity index (χ1) is 5.25. The van der Waals surface area contributed by atoms with E-state index in [0.717, 1.165) is 11.1 Å². The summed E-state index contributed by atoms with van der Waals surface area (Å²) in [5.74, 6) is 0. The smallest absolute Gasteiger partial charge is 0.0670 e. The molecule has 0 N–H and O–H groups in total. The van der Waals surface area contributed by atoms with Crippen LogP contribution in [0, 0.1) is 18.3 Å². The van der Waals surface area contributed by atoms with Gasteiger partial charge >= 0.3 is 0 Å². The molecule has 1 heterocycles. The molecule has 11 heavy (non-hydrogen) atoms. The van der Waals surface area contributed by atoms with Gasteiger partial charge in [0, 0.05) is 12.4 Å². The lowest BCUT2D eigenvalue weighted by Gasteiger charge is -2.01. The molecule has 0 spiro atoms. The van der Waals surface area contributed by atoms with Crippen LogP contribution in [0.3, 0.4) is 0 Å². The largest absolute Gasteiger partial charge is 0.263 e. The first kappa shape index (κ1) is 8.03. The van der Waals surface area contributed by atoms with E-state index in [1.54, 1.807) is 12.4 Å². The molecule has 0 aliphatic rings. The minimum atomic E-state index is 0.354. The highest BCUT2D eigenvalue weighted by molar-refractivity contribution is 6.31. The lowest BCUT2D eigenvalue weighted by molar-refractivity contribution is 1.16. The van der Waals surface area contributed by atoms with Crippen LogP contribution < -0.4 is 0 Å². The summed E-state index contributed by atoms with van der Waals surface area (Å²) < 4.78 is 0. The summed E-state index contributed by atoms with van der Waals surface area (Å²) in [6.07, 6.45) is 3.62. The molecule has 1 aromatic rings. The van der Waals surface area contributed by atoms with Crippen LogP contribution >= 0.6 is 11.6 Å². The number of hydrogen-bond donors (Lipinski definition) is 0. The van der Waals surface area contributed by atoms with Crippen molar-refractivity contribution >= 4 is 11.6 Å². The molecule has 0 bridgehead atoms. The highest BCUT2D eigenvalue weighted by atomic mass is 35.5. The maximum atomic E-state index is 8.44. The van der Waals surface area contributed by atoms with Gasteiger partial charge in [-0.05, 0) is 18.1 Å². The molecule has 2 nitrogen and oxygen atoms in total. The normalized spacial score (nSPS) is 9.18. The van der Waals surface area contributed by atoms with Crippen LogP contribution in [0.2, 0.25) is 5.02 Å². The van der Waals surface area contributed by atoms with Crippen LogP contribution in [0.4, 0.5) is 0 Å². The monoisotopic (exact) mass is 166 g/mol. The number of pyridine rings is 1. The maximum Gasteiger partial charge on any atom is 0.0670 e. The Labute approximate surface area is 70.4 Å². The van der Waals surface area contributed by atoms with Crippen molar-refractivity contribution in [2.24, 2.45) is 0 Å². The molecule has 56 valence electrons. The van der Waals surface area contributed by atoms with E-state index in [9.17, 15) is 0 Å². The first-order valence-electron chi connectivity index (χ1n) is 3.21. The van der Waals surface area contributed by atoms with Crippen LogP contribution in [0.5, 0.6) is 0 Å². The lowest BCUT2D eigenvalue weighted by Crippen LogP contribution is -1.89. The lowest BCUT2D eigenvalue weighted by atomic mass is 10.1. The fourth-order valence-corrected chi connectivity index (χ4v) is 1.13. The Morgan fingerprint density at radius 3 is 2.91 bits per heavy atom.